The minimum Gasteiger partial charge on any atom is -0.480 e. The van der Waals surface area contributed by atoms with E-state index in [-0.39, 0.29) is 0 Å². The van der Waals surface area contributed by atoms with Gasteiger partial charge in [0.2, 0.25) is 0 Å². The van der Waals surface area contributed by atoms with Gasteiger partial charge in [-0.15, -0.1) is 0 Å². The number of likely N-dealkylation sites (tertiary alicyclic amines) is 1. The maximum Gasteiger partial charge on any atom is 0.328 e. The molecule has 0 aliphatic carbocycles. The van der Waals surface area contributed by atoms with Crippen LogP contribution in [0.25, 0.3) is 10.8 Å². The molecule has 3 heteroatoms. The highest BCUT2D eigenvalue weighted by Gasteiger charge is 2.41. The van der Waals surface area contributed by atoms with Gasteiger partial charge in [-0.25, -0.2) is 4.79 Å². The van der Waals surface area contributed by atoms with Gasteiger partial charge in [0, 0.05) is 0 Å². The number of carbonyl (C=O) groups is 1. The lowest BCUT2D eigenvalue weighted by Gasteiger charge is -2.40. The second kappa shape index (κ2) is 5.49. The summed E-state index contributed by atoms with van der Waals surface area (Å²) in [6.07, 6.45) is 3.36. The monoisotopic (exact) mass is 283 g/mol. The zero-order chi connectivity index (χ0) is 14.9. The topological polar surface area (TPSA) is 40.5 Å². The fourth-order valence-electron chi connectivity index (χ4n) is 3.27. The van der Waals surface area contributed by atoms with Crippen LogP contribution in [0.4, 0.5) is 0 Å². The van der Waals surface area contributed by atoms with Gasteiger partial charge >= 0.3 is 5.97 Å². The number of piperidine rings is 1. The lowest BCUT2D eigenvalue weighted by molar-refractivity contribution is -0.152. The van der Waals surface area contributed by atoms with E-state index in [2.05, 4.69) is 11.0 Å². The average Bonchev–Trinajstić information content (AvgIpc) is 2.54. The number of carboxylic acid groups (broad SMARTS) is 1. The molecule has 1 heterocycles. The first-order valence-electron chi connectivity index (χ1n) is 7.60. The molecule has 1 aliphatic rings. The van der Waals surface area contributed by atoms with Crippen molar-refractivity contribution in [2.75, 3.05) is 13.1 Å². The fourth-order valence-corrected chi connectivity index (χ4v) is 3.27. The number of rotatable bonds is 3. The van der Waals surface area contributed by atoms with Crippen molar-refractivity contribution in [3.05, 3.63) is 48.0 Å². The first-order valence-corrected chi connectivity index (χ1v) is 7.60. The molecule has 3 rings (SSSR count). The molecular weight excluding hydrogens is 262 g/mol. The van der Waals surface area contributed by atoms with Crippen molar-refractivity contribution < 1.29 is 9.90 Å². The first kappa shape index (κ1) is 14.1. The van der Waals surface area contributed by atoms with E-state index in [0.29, 0.717) is 0 Å². The largest absolute Gasteiger partial charge is 0.480 e. The summed E-state index contributed by atoms with van der Waals surface area (Å²) in [5, 5.41) is 12.1. The van der Waals surface area contributed by atoms with Gasteiger partial charge in [0.05, 0.1) is 0 Å². The lowest BCUT2D eigenvalue weighted by atomic mass is 9.87. The highest BCUT2D eigenvalue weighted by molar-refractivity contribution is 5.87. The van der Waals surface area contributed by atoms with Crippen molar-refractivity contribution in [3.8, 4) is 0 Å². The van der Waals surface area contributed by atoms with Gasteiger partial charge in [-0.1, -0.05) is 42.8 Å². The number of aliphatic carboxylic acids is 1. The van der Waals surface area contributed by atoms with Gasteiger partial charge in [0.1, 0.15) is 5.54 Å². The normalized spacial score (nSPS) is 19.3. The highest BCUT2D eigenvalue weighted by atomic mass is 16.4. The van der Waals surface area contributed by atoms with Crippen LogP contribution in [0.3, 0.4) is 0 Å². The van der Waals surface area contributed by atoms with E-state index in [4.69, 9.17) is 0 Å². The van der Waals surface area contributed by atoms with Crippen LogP contribution in [0, 0.1) is 0 Å². The van der Waals surface area contributed by atoms with Crippen LogP contribution in [0.1, 0.15) is 31.7 Å². The minimum absolute atomic E-state index is 0.764. The van der Waals surface area contributed by atoms with Gasteiger partial charge in [-0.2, -0.15) is 0 Å². The summed E-state index contributed by atoms with van der Waals surface area (Å²) >= 11 is 0. The van der Waals surface area contributed by atoms with Crippen molar-refractivity contribution in [2.24, 2.45) is 0 Å². The molecule has 0 amide bonds. The van der Waals surface area contributed by atoms with Crippen molar-refractivity contribution in [1.82, 2.24) is 4.90 Å². The molecule has 3 nitrogen and oxygen atoms in total. The summed E-state index contributed by atoms with van der Waals surface area (Å²) in [4.78, 5) is 14.1. The molecule has 1 saturated heterocycles. The Balaban J connectivity index is 2.07. The van der Waals surface area contributed by atoms with Crippen LogP contribution < -0.4 is 0 Å². The molecule has 1 unspecified atom stereocenters. The summed E-state index contributed by atoms with van der Waals surface area (Å²) in [5.41, 5.74) is -0.0691. The van der Waals surface area contributed by atoms with Crippen LogP contribution >= 0.6 is 0 Å². The van der Waals surface area contributed by atoms with E-state index < -0.39 is 11.5 Å². The van der Waals surface area contributed by atoms with Crippen LogP contribution in [0.5, 0.6) is 0 Å². The van der Waals surface area contributed by atoms with Gasteiger partial charge in [0.25, 0.3) is 0 Å². The van der Waals surface area contributed by atoms with E-state index in [1.165, 1.54) is 6.42 Å². The third-order valence-electron chi connectivity index (χ3n) is 4.72. The number of fused-ring (bicyclic) bond motifs is 1. The van der Waals surface area contributed by atoms with Crippen molar-refractivity contribution in [2.45, 2.75) is 31.7 Å². The molecule has 0 aromatic heterocycles. The number of hydrogen-bond donors (Lipinski definition) is 1. The first-order chi connectivity index (χ1) is 10.1. The fraction of sp³-hybridized carbons (Fsp3) is 0.389. The van der Waals surface area contributed by atoms with Crippen molar-refractivity contribution in [3.63, 3.8) is 0 Å². The number of nitrogens with zero attached hydrogens (tertiary/aromatic N) is 1. The Morgan fingerprint density at radius 2 is 1.71 bits per heavy atom. The number of benzene rings is 2. The van der Waals surface area contributed by atoms with Crippen molar-refractivity contribution in [1.29, 1.82) is 0 Å². The summed E-state index contributed by atoms with van der Waals surface area (Å²) in [6.45, 7) is 3.55. The maximum atomic E-state index is 12.0. The Bertz CT molecular complexity index is 661. The van der Waals surface area contributed by atoms with Crippen LogP contribution in [-0.4, -0.2) is 29.1 Å². The van der Waals surface area contributed by atoms with Gasteiger partial charge in [0.15, 0.2) is 0 Å². The molecule has 0 saturated carbocycles. The molecule has 2 aromatic carbocycles. The van der Waals surface area contributed by atoms with Gasteiger partial charge in [-0.05, 0) is 55.3 Å². The van der Waals surface area contributed by atoms with Crippen LogP contribution in [0.15, 0.2) is 42.5 Å². The predicted molar refractivity (Wildman–Crippen MR) is 84.4 cm³/mol. The second-order valence-electron chi connectivity index (χ2n) is 5.99. The van der Waals surface area contributed by atoms with E-state index in [1.54, 1.807) is 0 Å². The lowest BCUT2D eigenvalue weighted by Crippen LogP contribution is -2.51. The van der Waals surface area contributed by atoms with Gasteiger partial charge < -0.3 is 5.11 Å². The molecule has 1 N–H and O–H groups in total. The van der Waals surface area contributed by atoms with E-state index in [9.17, 15) is 9.90 Å². The van der Waals surface area contributed by atoms with E-state index in [1.807, 2.05) is 43.3 Å². The summed E-state index contributed by atoms with van der Waals surface area (Å²) in [5.74, 6) is -0.764. The molecule has 110 valence electrons. The summed E-state index contributed by atoms with van der Waals surface area (Å²) < 4.78 is 0. The molecule has 2 aromatic rings. The Labute approximate surface area is 125 Å². The standard InChI is InChI=1S/C18H21NO2/c1-18(17(20)21,19-11-5-2-6-12-19)16-10-9-14-7-3-4-8-15(14)13-16/h3-4,7-10,13H,2,5-6,11-12H2,1H3,(H,20,21). The van der Waals surface area contributed by atoms with Gasteiger partial charge in [-0.3, -0.25) is 4.90 Å². The molecule has 0 spiro atoms. The molecule has 1 atom stereocenters. The molecule has 1 fully saturated rings. The zero-order valence-corrected chi connectivity index (χ0v) is 12.4. The minimum atomic E-state index is -0.940. The van der Waals surface area contributed by atoms with E-state index in [0.717, 1.165) is 42.3 Å². The van der Waals surface area contributed by atoms with Crippen LogP contribution in [-0.2, 0) is 10.3 Å². The second-order valence-corrected chi connectivity index (χ2v) is 5.99. The summed E-state index contributed by atoms with van der Waals surface area (Å²) in [6, 6.07) is 14.1. The Hall–Kier alpha value is -1.87. The molecular formula is C18H21NO2. The molecule has 21 heavy (non-hydrogen) atoms. The quantitative estimate of drug-likeness (QED) is 0.935. The predicted octanol–water partition coefficient (Wildman–Crippen LogP) is 3.63. The highest BCUT2D eigenvalue weighted by Crippen LogP contribution is 2.33. The molecule has 0 bridgehead atoms. The number of carboxylic acids is 1. The van der Waals surface area contributed by atoms with Crippen molar-refractivity contribution >= 4 is 16.7 Å². The Morgan fingerprint density at radius 1 is 1.05 bits per heavy atom. The molecule has 0 radical (unpaired) electrons. The van der Waals surface area contributed by atoms with E-state index >= 15 is 0 Å². The average molecular weight is 283 g/mol. The SMILES string of the molecule is CC(C(=O)O)(c1ccc2ccccc2c1)N1CCCCC1. The maximum absolute atomic E-state index is 12.0. The third kappa shape index (κ3) is 2.42. The Morgan fingerprint density at radius 3 is 2.38 bits per heavy atom. The zero-order valence-electron chi connectivity index (χ0n) is 12.4. The third-order valence-corrected chi connectivity index (χ3v) is 4.72. The molecule has 1 aliphatic heterocycles. The number of hydrogen-bond acceptors (Lipinski definition) is 2. The Kier molecular flexibility index (Phi) is 3.68. The van der Waals surface area contributed by atoms with Crippen LogP contribution in [0.2, 0.25) is 0 Å². The smallest absolute Gasteiger partial charge is 0.328 e. The summed E-state index contributed by atoms with van der Waals surface area (Å²) in [7, 11) is 0.